The molecule has 1 aromatic heterocycles. The summed E-state index contributed by atoms with van der Waals surface area (Å²) in [6.45, 7) is 2.55. The zero-order valence-corrected chi connectivity index (χ0v) is 15.7. The van der Waals surface area contributed by atoms with Gasteiger partial charge in [-0.1, -0.05) is 24.3 Å². The number of anilines is 2. The van der Waals surface area contributed by atoms with Crippen LogP contribution in [0.25, 0.3) is 22.3 Å². The average Bonchev–Trinajstić information content (AvgIpc) is 2.75. The van der Waals surface area contributed by atoms with Gasteiger partial charge in [-0.15, -0.1) is 0 Å². The van der Waals surface area contributed by atoms with Crippen molar-refractivity contribution in [2.24, 2.45) is 0 Å². The van der Waals surface area contributed by atoms with Crippen molar-refractivity contribution >= 4 is 28.1 Å². The summed E-state index contributed by atoms with van der Waals surface area (Å²) in [5.41, 5.74) is 2.18. The van der Waals surface area contributed by atoms with Crippen LogP contribution >= 0.6 is 0 Å². The van der Waals surface area contributed by atoms with Gasteiger partial charge in [0.1, 0.15) is 11.6 Å². The van der Waals surface area contributed by atoms with Crippen molar-refractivity contribution in [2.75, 3.05) is 11.9 Å². The molecule has 7 heteroatoms. The van der Waals surface area contributed by atoms with Gasteiger partial charge in [0.15, 0.2) is 5.82 Å². The summed E-state index contributed by atoms with van der Waals surface area (Å²) in [5, 5.41) is 15.3. The molecule has 0 atom stereocenters. The fourth-order valence-corrected chi connectivity index (χ4v) is 3.00. The Morgan fingerprint density at radius 1 is 1.00 bits per heavy atom. The first-order valence-corrected chi connectivity index (χ1v) is 9.15. The minimum absolute atomic E-state index is 0.000260. The third-order valence-electron chi connectivity index (χ3n) is 4.35. The standard InChI is InChI=1S/C22H18N4O3/c1-2-29-18-12-10-16(11-13-18)23-22-19-8-3-4-9-20(19)24-21(25-22)15-6-5-7-17(14-15)26(27)28/h3-14H,2H2,1H3,(H,23,24,25). The van der Waals surface area contributed by atoms with Gasteiger partial charge in [-0.25, -0.2) is 9.97 Å². The SMILES string of the molecule is CCOc1ccc(Nc2nc(-c3cccc([N+](=O)[O-])c3)nc3ccccc23)cc1. The molecule has 1 heterocycles. The Labute approximate surface area is 167 Å². The lowest BCUT2D eigenvalue weighted by Gasteiger charge is -2.12. The minimum atomic E-state index is -0.427. The highest BCUT2D eigenvalue weighted by Gasteiger charge is 2.13. The number of aromatic nitrogens is 2. The number of fused-ring (bicyclic) bond motifs is 1. The smallest absolute Gasteiger partial charge is 0.270 e. The van der Waals surface area contributed by atoms with E-state index < -0.39 is 4.92 Å². The number of para-hydroxylation sites is 1. The molecule has 0 spiro atoms. The van der Waals surface area contributed by atoms with Crippen LogP contribution in [0.2, 0.25) is 0 Å². The van der Waals surface area contributed by atoms with Crippen LogP contribution in [0.15, 0.2) is 72.8 Å². The number of hydrogen-bond donors (Lipinski definition) is 1. The second-order valence-corrected chi connectivity index (χ2v) is 6.30. The van der Waals surface area contributed by atoms with E-state index in [9.17, 15) is 10.1 Å². The lowest BCUT2D eigenvalue weighted by Crippen LogP contribution is -2.00. The third kappa shape index (κ3) is 3.98. The number of non-ortho nitro benzene ring substituents is 1. The third-order valence-corrected chi connectivity index (χ3v) is 4.35. The maximum absolute atomic E-state index is 11.1. The van der Waals surface area contributed by atoms with Crippen molar-refractivity contribution in [3.63, 3.8) is 0 Å². The Balaban J connectivity index is 1.77. The molecule has 4 aromatic rings. The molecule has 0 radical (unpaired) electrons. The molecule has 0 amide bonds. The average molecular weight is 386 g/mol. The summed E-state index contributed by atoms with van der Waals surface area (Å²) >= 11 is 0. The summed E-state index contributed by atoms with van der Waals surface area (Å²) in [4.78, 5) is 19.9. The Morgan fingerprint density at radius 3 is 2.55 bits per heavy atom. The van der Waals surface area contributed by atoms with E-state index in [0.717, 1.165) is 22.3 Å². The summed E-state index contributed by atoms with van der Waals surface area (Å²) in [7, 11) is 0. The zero-order valence-electron chi connectivity index (χ0n) is 15.7. The molecule has 0 saturated heterocycles. The van der Waals surface area contributed by atoms with E-state index in [4.69, 9.17) is 4.74 Å². The first kappa shape index (κ1) is 18.4. The highest BCUT2D eigenvalue weighted by molar-refractivity contribution is 5.92. The van der Waals surface area contributed by atoms with Gasteiger partial charge in [0.25, 0.3) is 5.69 Å². The molecule has 0 saturated carbocycles. The highest BCUT2D eigenvalue weighted by Crippen LogP contribution is 2.29. The largest absolute Gasteiger partial charge is 0.494 e. The molecular formula is C22H18N4O3. The van der Waals surface area contributed by atoms with Crippen LogP contribution in [-0.4, -0.2) is 21.5 Å². The van der Waals surface area contributed by atoms with Gasteiger partial charge in [0, 0.05) is 28.8 Å². The van der Waals surface area contributed by atoms with E-state index >= 15 is 0 Å². The number of nitro benzene ring substituents is 1. The van der Waals surface area contributed by atoms with Crippen molar-refractivity contribution in [1.29, 1.82) is 0 Å². The van der Waals surface area contributed by atoms with Gasteiger partial charge in [-0.05, 0) is 43.3 Å². The molecule has 7 nitrogen and oxygen atoms in total. The quantitative estimate of drug-likeness (QED) is 0.355. The normalized spacial score (nSPS) is 10.7. The van der Waals surface area contributed by atoms with E-state index in [1.165, 1.54) is 12.1 Å². The van der Waals surface area contributed by atoms with E-state index in [0.29, 0.717) is 23.8 Å². The number of nitrogens with one attached hydrogen (secondary N) is 1. The number of nitrogens with zero attached hydrogens (tertiary/aromatic N) is 3. The van der Waals surface area contributed by atoms with Gasteiger partial charge in [-0.3, -0.25) is 10.1 Å². The molecule has 4 rings (SSSR count). The predicted molar refractivity (Wildman–Crippen MR) is 113 cm³/mol. The predicted octanol–water partition coefficient (Wildman–Crippen LogP) is 5.35. The van der Waals surface area contributed by atoms with Crippen molar-refractivity contribution < 1.29 is 9.66 Å². The molecule has 144 valence electrons. The Kier molecular flexibility index (Phi) is 5.03. The molecule has 0 aliphatic heterocycles. The molecular weight excluding hydrogens is 368 g/mol. The van der Waals surface area contributed by atoms with Crippen LogP contribution in [0.1, 0.15) is 6.92 Å². The second kappa shape index (κ2) is 7.93. The maximum Gasteiger partial charge on any atom is 0.270 e. The Morgan fingerprint density at radius 2 is 1.79 bits per heavy atom. The molecule has 0 aliphatic carbocycles. The van der Waals surface area contributed by atoms with Gasteiger partial charge < -0.3 is 10.1 Å². The molecule has 0 fully saturated rings. The highest BCUT2D eigenvalue weighted by atomic mass is 16.6. The number of nitro groups is 1. The molecule has 1 N–H and O–H groups in total. The lowest BCUT2D eigenvalue weighted by molar-refractivity contribution is -0.384. The second-order valence-electron chi connectivity index (χ2n) is 6.30. The van der Waals surface area contributed by atoms with Gasteiger partial charge in [-0.2, -0.15) is 0 Å². The number of ether oxygens (including phenoxy) is 1. The topological polar surface area (TPSA) is 90.2 Å². The van der Waals surface area contributed by atoms with Crippen LogP contribution in [-0.2, 0) is 0 Å². The fourth-order valence-electron chi connectivity index (χ4n) is 3.00. The van der Waals surface area contributed by atoms with Crippen molar-refractivity contribution in [2.45, 2.75) is 6.92 Å². The number of hydrogen-bond acceptors (Lipinski definition) is 6. The fraction of sp³-hybridized carbons (Fsp3) is 0.0909. The Hall–Kier alpha value is -4.00. The lowest BCUT2D eigenvalue weighted by atomic mass is 10.1. The van der Waals surface area contributed by atoms with Crippen LogP contribution in [0.5, 0.6) is 5.75 Å². The van der Waals surface area contributed by atoms with Crippen LogP contribution in [0.4, 0.5) is 17.2 Å². The van der Waals surface area contributed by atoms with E-state index in [2.05, 4.69) is 15.3 Å². The van der Waals surface area contributed by atoms with E-state index in [1.54, 1.807) is 12.1 Å². The van der Waals surface area contributed by atoms with Gasteiger partial charge in [0.2, 0.25) is 0 Å². The molecule has 0 unspecified atom stereocenters. The summed E-state index contributed by atoms with van der Waals surface area (Å²) in [6.07, 6.45) is 0. The monoisotopic (exact) mass is 386 g/mol. The first-order chi connectivity index (χ1) is 14.1. The van der Waals surface area contributed by atoms with Crippen LogP contribution in [0, 0.1) is 10.1 Å². The molecule has 29 heavy (non-hydrogen) atoms. The van der Waals surface area contributed by atoms with E-state index in [1.807, 2.05) is 55.5 Å². The summed E-state index contributed by atoms with van der Waals surface area (Å²) in [5.74, 6) is 1.84. The number of rotatable bonds is 6. The minimum Gasteiger partial charge on any atom is -0.494 e. The maximum atomic E-state index is 11.1. The zero-order chi connectivity index (χ0) is 20.2. The summed E-state index contributed by atoms with van der Waals surface area (Å²) < 4.78 is 5.48. The first-order valence-electron chi connectivity index (χ1n) is 9.15. The van der Waals surface area contributed by atoms with E-state index in [-0.39, 0.29) is 5.69 Å². The van der Waals surface area contributed by atoms with Crippen LogP contribution in [0.3, 0.4) is 0 Å². The van der Waals surface area contributed by atoms with Gasteiger partial charge in [0.05, 0.1) is 17.0 Å². The summed E-state index contributed by atoms with van der Waals surface area (Å²) in [6, 6.07) is 21.6. The number of benzene rings is 3. The molecule has 0 aliphatic rings. The van der Waals surface area contributed by atoms with Crippen molar-refractivity contribution in [3.8, 4) is 17.1 Å². The Bertz CT molecular complexity index is 1180. The van der Waals surface area contributed by atoms with Gasteiger partial charge >= 0.3 is 0 Å². The van der Waals surface area contributed by atoms with Crippen molar-refractivity contribution in [1.82, 2.24) is 9.97 Å². The molecule has 3 aromatic carbocycles. The molecule has 0 bridgehead atoms. The van der Waals surface area contributed by atoms with Crippen LogP contribution < -0.4 is 10.1 Å². The van der Waals surface area contributed by atoms with Crippen molar-refractivity contribution in [3.05, 3.63) is 82.9 Å².